The van der Waals surface area contributed by atoms with E-state index < -0.39 is 23.5 Å². The van der Waals surface area contributed by atoms with Crippen molar-refractivity contribution >= 4 is 45.7 Å². The van der Waals surface area contributed by atoms with Crippen LogP contribution in [0.1, 0.15) is 118 Å². The molecule has 6 heterocycles. The fourth-order valence-electron chi connectivity index (χ4n) is 10.5. The Labute approximate surface area is 405 Å². The maximum absolute atomic E-state index is 13.8. The Kier molecular flexibility index (Phi) is 13.7. The molecule has 6 aromatic rings. The van der Waals surface area contributed by atoms with Crippen LogP contribution in [0, 0.1) is 24.7 Å². The maximum atomic E-state index is 13.8. The highest BCUT2D eigenvalue weighted by molar-refractivity contribution is 7.13. The Balaban J connectivity index is 0.737. The van der Waals surface area contributed by atoms with Crippen LogP contribution in [0.15, 0.2) is 81.6 Å². The van der Waals surface area contributed by atoms with Crippen LogP contribution in [0.5, 0.6) is 0 Å². The Morgan fingerprint density at radius 1 is 1.07 bits per heavy atom. The summed E-state index contributed by atoms with van der Waals surface area (Å²) in [4.78, 5) is 54.7. The summed E-state index contributed by atoms with van der Waals surface area (Å²) in [6, 6.07) is 20.7. The largest absolute Gasteiger partial charge is 0.391 e. The van der Waals surface area contributed by atoms with Crippen LogP contribution in [0.4, 0.5) is 0 Å². The van der Waals surface area contributed by atoms with E-state index in [0.29, 0.717) is 46.7 Å². The number of halogens is 1. The average molecular weight is 957 g/mol. The number of aromatic nitrogens is 4. The zero-order valence-electron chi connectivity index (χ0n) is 39.4. The minimum absolute atomic E-state index is 0.0807. The van der Waals surface area contributed by atoms with Crippen molar-refractivity contribution in [1.29, 1.82) is 0 Å². The molecular formula is C53H58ClN7O6S. The number of likely N-dealkylation sites (tertiary alicyclic amines) is 2. The van der Waals surface area contributed by atoms with Gasteiger partial charge in [-0.3, -0.25) is 19.0 Å². The van der Waals surface area contributed by atoms with Crippen LogP contribution in [0.3, 0.4) is 0 Å². The third-order valence-corrected chi connectivity index (χ3v) is 15.1. The number of β-amino-alcohol motifs (C(OH)–C–C–N with tert-alkyl or cyclic N) is 1. The van der Waals surface area contributed by atoms with Crippen molar-refractivity contribution < 1.29 is 24.0 Å². The third kappa shape index (κ3) is 9.27. The molecule has 3 aliphatic heterocycles. The summed E-state index contributed by atoms with van der Waals surface area (Å²) < 4.78 is 13.6. The number of nitrogens with one attached hydrogen (secondary N) is 1. The molecule has 68 heavy (non-hydrogen) atoms. The predicted octanol–water partition coefficient (Wildman–Crippen LogP) is 8.31. The summed E-state index contributed by atoms with van der Waals surface area (Å²) in [6.45, 7) is 15.9. The minimum atomic E-state index is -0.802. The molecule has 0 aliphatic carbocycles. The number of aliphatic hydroxyl groups excluding tert-OH is 1. The van der Waals surface area contributed by atoms with Crippen molar-refractivity contribution in [2.45, 2.75) is 103 Å². The molecule has 0 saturated carbocycles. The van der Waals surface area contributed by atoms with E-state index in [4.69, 9.17) is 20.9 Å². The van der Waals surface area contributed by atoms with Gasteiger partial charge in [0.2, 0.25) is 11.8 Å². The first-order chi connectivity index (χ1) is 32.7. The number of hydrogen-bond acceptors (Lipinski definition) is 11. The molecule has 3 aliphatic rings. The molecule has 9 rings (SSSR count). The minimum Gasteiger partial charge on any atom is -0.391 e. The second-order valence-corrected chi connectivity index (χ2v) is 20.5. The third-order valence-electron chi connectivity index (χ3n) is 13.9. The molecule has 3 aromatic carbocycles. The first-order valence-electron chi connectivity index (χ1n) is 23.6. The van der Waals surface area contributed by atoms with Crippen LogP contribution in [0.25, 0.3) is 27.0 Å². The molecular weight excluding hydrogens is 898 g/mol. The van der Waals surface area contributed by atoms with Gasteiger partial charge >= 0.3 is 0 Å². The molecule has 2 amide bonds. The molecule has 0 bridgehead atoms. The van der Waals surface area contributed by atoms with E-state index in [1.165, 1.54) is 27.4 Å². The summed E-state index contributed by atoms with van der Waals surface area (Å²) in [7, 11) is 0. The molecule has 2 saturated heterocycles. The van der Waals surface area contributed by atoms with Crippen molar-refractivity contribution in [3.8, 4) is 28.0 Å². The topological polar surface area (TPSA) is 156 Å². The van der Waals surface area contributed by atoms with Gasteiger partial charge in [-0.25, -0.2) is 4.98 Å². The van der Waals surface area contributed by atoms with E-state index in [2.05, 4.69) is 73.8 Å². The number of rotatable bonds is 13. The zero-order chi connectivity index (χ0) is 47.9. The van der Waals surface area contributed by atoms with E-state index in [1.54, 1.807) is 24.6 Å². The van der Waals surface area contributed by atoms with Crippen LogP contribution in [0.2, 0.25) is 5.02 Å². The molecule has 13 nitrogen and oxygen atoms in total. The lowest BCUT2D eigenvalue weighted by Crippen LogP contribution is -2.48. The fraction of sp³-hybridized carbons (Fsp3) is 0.434. The summed E-state index contributed by atoms with van der Waals surface area (Å²) in [6.07, 6.45) is 2.39. The molecule has 354 valence electrons. The van der Waals surface area contributed by atoms with Gasteiger partial charge in [-0.1, -0.05) is 79.0 Å². The lowest BCUT2D eigenvalue weighted by molar-refractivity contribution is -0.141. The first kappa shape index (κ1) is 47.4. The second-order valence-electron chi connectivity index (χ2n) is 19.3. The van der Waals surface area contributed by atoms with Gasteiger partial charge < -0.3 is 29.5 Å². The lowest BCUT2D eigenvalue weighted by atomic mass is 9.77. The zero-order valence-corrected chi connectivity index (χ0v) is 41.0. The number of benzene rings is 3. The van der Waals surface area contributed by atoms with Gasteiger partial charge in [-0.05, 0) is 118 Å². The van der Waals surface area contributed by atoms with Crippen molar-refractivity contribution in [2.24, 2.45) is 5.92 Å². The van der Waals surface area contributed by atoms with Crippen molar-refractivity contribution in [2.75, 3.05) is 39.4 Å². The van der Waals surface area contributed by atoms with Gasteiger partial charge in [0.1, 0.15) is 35.8 Å². The summed E-state index contributed by atoms with van der Waals surface area (Å²) in [5, 5.41) is 18.5. The quantitative estimate of drug-likeness (QED) is 0.0853. The summed E-state index contributed by atoms with van der Waals surface area (Å²) >= 11 is 8.03. The molecule has 3 aromatic heterocycles. The highest BCUT2D eigenvalue weighted by Crippen LogP contribution is 2.48. The van der Waals surface area contributed by atoms with E-state index in [-0.39, 0.29) is 42.3 Å². The Morgan fingerprint density at radius 3 is 2.57 bits per heavy atom. The Morgan fingerprint density at radius 2 is 1.84 bits per heavy atom. The highest BCUT2D eigenvalue weighted by atomic mass is 35.5. The summed E-state index contributed by atoms with van der Waals surface area (Å²) in [5.41, 5.74) is 8.81. The second kappa shape index (κ2) is 19.7. The Bertz CT molecular complexity index is 2960. The number of nitrogens with zero attached hydrogens (tertiary/aromatic N) is 6. The highest BCUT2D eigenvalue weighted by Gasteiger charge is 2.44. The van der Waals surface area contributed by atoms with Crippen molar-refractivity contribution in [3.05, 3.63) is 127 Å². The normalized spacial score (nSPS) is 18.9. The van der Waals surface area contributed by atoms with Gasteiger partial charge in [0.05, 0.1) is 55.3 Å². The molecule has 2 fully saturated rings. The summed E-state index contributed by atoms with van der Waals surface area (Å²) in [5.74, 6) is 6.71. The van der Waals surface area contributed by atoms with Crippen LogP contribution < -0.4 is 10.9 Å². The lowest BCUT2D eigenvalue weighted by Gasteiger charge is -2.34. The SMILES string of the molecule is Cc1cc(C(C(=O)N2C[C@H](O)C[C@H]2C(=O)N[C@@H](C)c2ccc(-c3scnc3C#CCOCCCN3CCC(c4cccc5c4C(C)(C)c4nc(=O)c6c(Cl)cccc6n4-5)CC3)cc2)C(C)C)on1. The van der Waals surface area contributed by atoms with Gasteiger partial charge in [-0.2, -0.15) is 4.98 Å². The van der Waals surface area contributed by atoms with Crippen LogP contribution in [-0.2, 0) is 19.7 Å². The number of amides is 2. The average Bonchev–Trinajstić information content (AvgIpc) is 4.11. The van der Waals surface area contributed by atoms with E-state index >= 15 is 0 Å². The van der Waals surface area contributed by atoms with Crippen molar-refractivity contribution in [3.63, 3.8) is 0 Å². The van der Waals surface area contributed by atoms with E-state index in [0.717, 1.165) is 71.9 Å². The standard InChI is InChI=1S/C53H58ClN7O6S/c1-31(2)45(44-27-32(3)58-67-44)51(65)60-29-37(62)28-43(60)49(63)56-33(4)34-16-18-36(19-17-34)48-40(55-30-68-48)13-9-25-66-26-10-22-59-23-20-35(21-24-59)38-11-7-15-42-47(38)53(5,6)52-57-50(64)46-39(54)12-8-14-41(46)61(42)52/h7-8,11-12,14-19,27,30-31,33,35,37,43,45,62H,10,20-26,28-29H2,1-6H3,(H,56,63)/t33-,37+,43-,45?/m0/s1. The van der Waals surface area contributed by atoms with Crippen LogP contribution in [-0.4, -0.2) is 98.0 Å². The molecule has 2 N–H and O–H groups in total. The van der Waals surface area contributed by atoms with Gasteiger partial charge in [0.15, 0.2) is 0 Å². The molecule has 1 unspecified atom stereocenters. The smallest absolute Gasteiger partial charge is 0.282 e. The number of hydrogen-bond donors (Lipinski definition) is 2. The van der Waals surface area contributed by atoms with Crippen LogP contribution >= 0.6 is 22.9 Å². The maximum Gasteiger partial charge on any atom is 0.282 e. The number of piperidine rings is 1. The van der Waals surface area contributed by atoms with Crippen molar-refractivity contribution in [1.82, 2.24) is 34.8 Å². The van der Waals surface area contributed by atoms with Gasteiger partial charge in [-0.15, -0.1) is 11.3 Å². The number of ether oxygens (including phenoxy) is 1. The number of aliphatic hydroxyl groups is 1. The number of carbonyl (C=O) groups is 2. The number of carbonyl (C=O) groups excluding carboxylic acids is 2. The van der Waals surface area contributed by atoms with E-state index in [1.807, 2.05) is 57.2 Å². The predicted molar refractivity (Wildman–Crippen MR) is 264 cm³/mol. The molecule has 0 spiro atoms. The molecule has 15 heteroatoms. The van der Waals surface area contributed by atoms with Gasteiger partial charge in [0, 0.05) is 32.2 Å². The molecule has 0 radical (unpaired) electrons. The number of thiazole rings is 1. The van der Waals surface area contributed by atoms with Gasteiger partial charge in [0.25, 0.3) is 5.56 Å². The number of fused-ring (bicyclic) bond motifs is 5. The molecule has 4 atom stereocenters. The first-order valence-corrected chi connectivity index (χ1v) is 24.9. The monoisotopic (exact) mass is 955 g/mol. The Hall–Kier alpha value is -5.69. The van der Waals surface area contributed by atoms with E-state index in [9.17, 15) is 19.5 Å². The number of aryl methyl sites for hydroxylation is 1. The fourth-order valence-corrected chi connectivity index (χ4v) is 11.5.